The lowest BCUT2D eigenvalue weighted by Gasteiger charge is -2.12. The highest BCUT2D eigenvalue weighted by molar-refractivity contribution is 6.32. The molecular formula is C10H12ClNO. The molecular weight excluding hydrogens is 186 g/mol. The van der Waals surface area contributed by atoms with Crippen molar-refractivity contribution in [3.05, 3.63) is 28.8 Å². The van der Waals surface area contributed by atoms with Crippen LogP contribution in [0, 0.1) is 0 Å². The van der Waals surface area contributed by atoms with E-state index in [-0.39, 0.29) is 0 Å². The molecule has 2 rings (SSSR count). The van der Waals surface area contributed by atoms with Gasteiger partial charge in [0.25, 0.3) is 0 Å². The first kappa shape index (κ1) is 8.85. The molecule has 0 fully saturated rings. The van der Waals surface area contributed by atoms with E-state index in [2.05, 4.69) is 12.2 Å². The largest absolute Gasteiger partial charge is 0.490 e. The maximum Gasteiger partial charge on any atom is 0.142 e. The number of rotatable bonds is 0. The minimum Gasteiger partial charge on any atom is -0.490 e. The topological polar surface area (TPSA) is 21.3 Å². The van der Waals surface area contributed by atoms with Crippen molar-refractivity contribution in [1.29, 1.82) is 0 Å². The van der Waals surface area contributed by atoms with Gasteiger partial charge in [-0.2, -0.15) is 0 Å². The van der Waals surface area contributed by atoms with Crippen molar-refractivity contribution in [2.45, 2.75) is 13.0 Å². The van der Waals surface area contributed by atoms with E-state index in [4.69, 9.17) is 16.3 Å². The number of fused-ring (bicyclic) bond motifs is 1. The van der Waals surface area contributed by atoms with Gasteiger partial charge in [-0.3, -0.25) is 0 Å². The van der Waals surface area contributed by atoms with Crippen molar-refractivity contribution >= 4 is 11.6 Å². The Hall–Kier alpha value is -0.730. The molecule has 1 unspecified atom stereocenters. The predicted octanol–water partition coefficient (Wildman–Crippen LogP) is 2.38. The van der Waals surface area contributed by atoms with Crippen LogP contribution in [0.3, 0.4) is 0 Å². The van der Waals surface area contributed by atoms with Crippen LogP contribution in [0.2, 0.25) is 5.02 Å². The van der Waals surface area contributed by atoms with Gasteiger partial charge in [-0.15, -0.1) is 0 Å². The Morgan fingerprint density at radius 1 is 1.54 bits per heavy atom. The Kier molecular flexibility index (Phi) is 2.42. The van der Waals surface area contributed by atoms with Crippen molar-refractivity contribution in [3.8, 4) is 5.75 Å². The van der Waals surface area contributed by atoms with E-state index in [1.165, 1.54) is 0 Å². The predicted molar refractivity (Wildman–Crippen MR) is 53.4 cm³/mol. The summed E-state index contributed by atoms with van der Waals surface area (Å²) in [7, 11) is 0. The van der Waals surface area contributed by atoms with Crippen LogP contribution < -0.4 is 10.1 Å². The van der Waals surface area contributed by atoms with Gasteiger partial charge in [0.15, 0.2) is 0 Å². The summed E-state index contributed by atoms with van der Waals surface area (Å²) in [5.74, 6) is 0.835. The molecule has 1 atom stereocenters. The molecule has 2 nitrogen and oxygen atoms in total. The van der Waals surface area contributed by atoms with Gasteiger partial charge in [0, 0.05) is 18.2 Å². The number of ether oxygens (including phenoxy) is 1. The van der Waals surface area contributed by atoms with Gasteiger partial charge in [0.1, 0.15) is 12.4 Å². The smallest absolute Gasteiger partial charge is 0.142 e. The van der Waals surface area contributed by atoms with Gasteiger partial charge in [0.2, 0.25) is 0 Å². The Morgan fingerprint density at radius 2 is 2.38 bits per heavy atom. The Balaban J connectivity index is 2.47. The number of para-hydroxylation sites is 1. The standard InChI is InChI=1S/C10H12ClNO/c1-7-8-3-2-4-9(11)10(8)13-6-5-12-7/h2-4,7,12H,5-6H2,1H3. The monoisotopic (exact) mass is 197 g/mol. The molecule has 1 aliphatic rings. The molecule has 1 heterocycles. The van der Waals surface area contributed by atoms with Crippen molar-refractivity contribution < 1.29 is 4.74 Å². The van der Waals surface area contributed by atoms with Crippen molar-refractivity contribution in [2.75, 3.05) is 13.2 Å². The second kappa shape index (κ2) is 3.56. The summed E-state index contributed by atoms with van der Waals surface area (Å²) in [6.07, 6.45) is 0. The molecule has 13 heavy (non-hydrogen) atoms. The summed E-state index contributed by atoms with van der Waals surface area (Å²) in [4.78, 5) is 0. The van der Waals surface area contributed by atoms with Crippen LogP contribution in [0.15, 0.2) is 18.2 Å². The van der Waals surface area contributed by atoms with E-state index >= 15 is 0 Å². The molecule has 1 aromatic rings. The molecule has 0 aromatic heterocycles. The molecule has 0 aliphatic carbocycles. The van der Waals surface area contributed by atoms with Gasteiger partial charge in [-0.25, -0.2) is 0 Å². The van der Waals surface area contributed by atoms with Crippen molar-refractivity contribution in [3.63, 3.8) is 0 Å². The Labute approximate surface area is 82.9 Å². The van der Waals surface area contributed by atoms with E-state index < -0.39 is 0 Å². The lowest BCUT2D eigenvalue weighted by Crippen LogP contribution is -2.20. The van der Waals surface area contributed by atoms with E-state index in [1.807, 2.05) is 18.2 Å². The van der Waals surface area contributed by atoms with Crippen LogP contribution in [0.1, 0.15) is 18.5 Å². The fraction of sp³-hybridized carbons (Fsp3) is 0.400. The zero-order chi connectivity index (χ0) is 9.26. The summed E-state index contributed by atoms with van der Waals surface area (Å²) in [6, 6.07) is 6.17. The van der Waals surface area contributed by atoms with Crippen molar-refractivity contribution in [1.82, 2.24) is 5.32 Å². The number of halogens is 1. The molecule has 1 N–H and O–H groups in total. The number of nitrogens with one attached hydrogen (secondary N) is 1. The third-order valence-electron chi connectivity index (χ3n) is 2.26. The van der Waals surface area contributed by atoms with E-state index in [1.54, 1.807) is 0 Å². The summed E-state index contributed by atoms with van der Waals surface area (Å²) < 4.78 is 5.56. The minimum atomic E-state index is 0.316. The summed E-state index contributed by atoms with van der Waals surface area (Å²) in [6.45, 7) is 3.66. The number of hydrogen-bond donors (Lipinski definition) is 1. The van der Waals surface area contributed by atoms with E-state index in [0.717, 1.165) is 17.9 Å². The highest BCUT2D eigenvalue weighted by Gasteiger charge is 2.16. The van der Waals surface area contributed by atoms with Gasteiger partial charge in [-0.1, -0.05) is 23.7 Å². The molecule has 0 radical (unpaired) electrons. The highest BCUT2D eigenvalue weighted by Crippen LogP contribution is 2.33. The maximum absolute atomic E-state index is 6.03. The van der Waals surface area contributed by atoms with Gasteiger partial charge in [0.05, 0.1) is 5.02 Å². The first-order valence-electron chi connectivity index (χ1n) is 4.43. The molecule has 3 heteroatoms. The lowest BCUT2D eigenvalue weighted by atomic mass is 10.1. The highest BCUT2D eigenvalue weighted by atomic mass is 35.5. The molecule has 1 aromatic carbocycles. The van der Waals surface area contributed by atoms with E-state index in [9.17, 15) is 0 Å². The second-order valence-electron chi connectivity index (χ2n) is 3.18. The van der Waals surface area contributed by atoms with Crippen LogP contribution in [-0.2, 0) is 0 Å². The third kappa shape index (κ3) is 1.64. The molecule has 0 saturated heterocycles. The molecule has 1 aliphatic heterocycles. The molecule has 0 spiro atoms. The number of benzene rings is 1. The van der Waals surface area contributed by atoms with Crippen LogP contribution in [0.4, 0.5) is 0 Å². The van der Waals surface area contributed by atoms with Crippen LogP contribution in [0.25, 0.3) is 0 Å². The van der Waals surface area contributed by atoms with Crippen molar-refractivity contribution in [2.24, 2.45) is 0 Å². The van der Waals surface area contributed by atoms with E-state index in [0.29, 0.717) is 17.7 Å². The molecule has 0 bridgehead atoms. The Bertz CT molecular complexity index is 314. The summed E-state index contributed by atoms with van der Waals surface area (Å²) in [5, 5.41) is 4.05. The normalized spacial score (nSPS) is 21.5. The van der Waals surface area contributed by atoms with Crippen LogP contribution >= 0.6 is 11.6 Å². The fourth-order valence-corrected chi connectivity index (χ4v) is 1.79. The zero-order valence-electron chi connectivity index (χ0n) is 7.51. The van der Waals surface area contributed by atoms with Crippen LogP contribution in [-0.4, -0.2) is 13.2 Å². The first-order valence-corrected chi connectivity index (χ1v) is 4.81. The number of hydrogen-bond acceptors (Lipinski definition) is 2. The molecule has 70 valence electrons. The Morgan fingerprint density at radius 3 is 3.23 bits per heavy atom. The second-order valence-corrected chi connectivity index (χ2v) is 3.59. The minimum absolute atomic E-state index is 0.316. The average Bonchev–Trinajstić information content (AvgIpc) is 2.30. The summed E-state index contributed by atoms with van der Waals surface area (Å²) in [5.41, 5.74) is 1.14. The lowest BCUT2D eigenvalue weighted by molar-refractivity contribution is 0.325. The molecule has 0 amide bonds. The summed E-state index contributed by atoms with van der Waals surface area (Å²) >= 11 is 6.03. The SMILES string of the molecule is CC1NCCOc2c(Cl)cccc21. The molecule has 0 saturated carbocycles. The average molecular weight is 198 g/mol. The zero-order valence-corrected chi connectivity index (χ0v) is 8.27. The first-order chi connectivity index (χ1) is 6.29. The maximum atomic E-state index is 6.03. The fourth-order valence-electron chi connectivity index (χ4n) is 1.56. The van der Waals surface area contributed by atoms with Gasteiger partial charge >= 0.3 is 0 Å². The third-order valence-corrected chi connectivity index (χ3v) is 2.56. The quantitative estimate of drug-likeness (QED) is 0.690. The van der Waals surface area contributed by atoms with Crippen LogP contribution in [0.5, 0.6) is 5.75 Å². The van der Waals surface area contributed by atoms with Gasteiger partial charge < -0.3 is 10.1 Å². The van der Waals surface area contributed by atoms with Gasteiger partial charge in [-0.05, 0) is 13.0 Å².